The fourth-order valence-electron chi connectivity index (χ4n) is 2.01. The molecule has 6 heteroatoms. The van der Waals surface area contributed by atoms with Crippen LogP contribution in [-0.2, 0) is 4.79 Å². The lowest BCUT2D eigenvalue weighted by atomic mass is 10.1. The summed E-state index contributed by atoms with van der Waals surface area (Å²) in [5.74, 6) is 5.77. The summed E-state index contributed by atoms with van der Waals surface area (Å²) in [4.78, 5) is 15.7. The highest BCUT2D eigenvalue weighted by Crippen LogP contribution is 2.17. The second-order valence-corrected chi connectivity index (χ2v) is 5.73. The van der Waals surface area contributed by atoms with Crippen LogP contribution in [0, 0.1) is 0 Å². The highest BCUT2D eigenvalue weighted by Gasteiger charge is 2.16. The van der Waals surface area contributed by atoms with Gasteiger partial charge in [-0.2, -0.15) is 0 Å². The molecule has 104 valence electrons. The van der Waals surface area contributed by atoms with Gasteiger partial charge in [-0.3, -0.25) is 10.2 Å². The summed E-state index contributed by atoms with van der Waals surface area (Å²) in [5, 5.41) is 6.07. The van der Waals surface area contributed by atoms with Gasteiger partial charge in [0.2, 0.25) is 11.9 Å². The molecule has 0 spiro atoms. The number of amides is 1. The summed E-state index contributed by atoms with van der Waals surface area (Å²) in [6, 6.07) is 0.422. The first-order valence-electron chi connectivity index (χ1n) is 6.49. The molecule has 1 saturated carbocycles. The number of carbonyl (C=O) groups excluding carboxylic acids is 1. The van der Waals surface area contributed by atoms with Crippen LogP contribution in [0.4, 0.5) is 0 Å². The Balaban J connectivity index is 2.39. The Morgan fingerprint density at radius 2 is 1.94 bits per heavy atom. The number of hydrogen-bond donors (Lipinski definition) is 4. The minimum absolute atomic E-state index is 0.0799. The quantitative estimate of drug-likeness (QED) is 0.252. The summed E-state index contributed by atoms with van der Waals surface area (Å²) in [6.45, 7) is 5.89. The van der Waals surface area contributed by atoms with E-state index in [0.717, 1.165) is 12.8 Å². The number of nitrogens with two attached hydrogens (primary N) is 1. The largest absolute Gasteiger partial charge is 0.353 e. The van der Waals surface area contributed by atoms with E-state index in [1.165, 1.54) is 12.8 Å². The monoisotopic (exact) mass is 255 g/mol. The van der Waals surface area contributed by atoms with Crippen LogP contribution in [0.15, 0.2) is 4.99 Å². The van der Waals surface area contributed by atoms with Crippen LogP contribution < -0.4 is 21.9 Å². The van der Waals surface area contributed by atoms with E-state index < -0.39 is 0 Å². The van der Waals surface area contributed by atoms with Gasteiger partial charge in [-0.25, -0.2) is 10.8 Å². The van der Waals surface area contributed by atoms with Crippen molar-refractivity contribution in [3.8, 4) is 0 Å². The SMILES string of the molecule is CC(C)(C)NC(=O)CN=C(NN)NC1CCCC1. The molecule has 0 unspecified atom stereocenters. The molecule has 0 bridgehead atoms. The van der Waals surface area contributed by atoms with Gasteiger partial charge < -0.3 is 10.6 Å². The molecule has 0 aromatic heterocycles. The van der Waals surface area contributed by atoms with Gasteiger partial charge in [0.15, 0.2) is 0 Å². The highest BCUT2D eigenvalue weighted by molar-refractivity contribution is 5.85. The molecule has 18 heavy (non-hydrogen) atoms. The molecule has 0 heterocycles. The predicted molar refractivity (Wildman–Crippen MR) is 72.9 cm³/mol. The van der Waals surface area contributed by atoms with Crippen molar-refractivity contribution < 1.29 is 4.79 Å². The van der Waals surface area contributed by atoms with Gasteiger partial charge in [-0.05, 0) is 33.6 Å². The highest BCUT2D eigenvalue weighted by atomic mass is 16.2. The molecule has 0 aliphatic heterocycles. The Morgan fingerprint density at radius 1 is 1.33 bits per heavy atom. The molecular formula is C12H25N5O. The summed E-state index contributed by atoms with van der Waals surface area (Å²) in [5.41, 5.74) is 2.27. The van der Waals surface area contributed by atoms with Gasteiger partial charge in [-0.1, -0.05) is 12.8 Å². The van der Waals surface area contributed by atoms with Crippen LogP contribution in [0.5, 0.6) is 0 Å². The number of hydrazine groups is 1. The number of nitrogens with one attached hydrogen (secondary N) is 3. The maximum absolute atomic E-state index is 11.6. The molecule has 1 aliphatic rings. The topological polar surface area (TPSA) is 91.5 Å². The average Bonchev–Trinajstić information content (AvgIpc) is 2.74. The van der Waals surface area contributed by atoms with E-state index in [9.17, 15) is 4.79 Å². The number of nitrogens with zero attached hydrogens (tertiary/aromatic N) is 1. The van der Waals surface area contributed by atoms with Crippen LogP contribution in [0.2, 0.25) is 0 Å². The zero-order valence-corrected chi connectivity index (χ0v) is 11.5. The lowest BCUT2D eigenvalue weighted by Crippen LogP contribution is -2.47. The molecule has 0 atom stereocenters. The number of rotatable bonds is 3. The van der Waals surface area contributed by atoms with Crippen molar-refractivity contribution in [3.63, 3.8) is 0 Å². The summed E-state index contributed by atoms with van der Waals surface area (Å²) < 4.78 is 0. The molecule has 1 aliphatic carbocycles. The smallest absolute Gasteiger partial charge is 0.242 e. The number of aliphatic imine (C=N–C) groups is 1. The van der Waals surface area contributed by atoms with Gasteiger partial charge in [0.05, 0.1) is 0 Å². The van der Waals surface area contributed by atoms with E-state index in [1.807, 2.05) is 20.8 Å². The Kier molecular flexibility index (Phi) is 5.40. The summed E-state index contributed by atoms with van der Waals surface area (Å²) in [6.07, 6.45) is 4.74. The zero-order chi connectivity index (χ0) is 13.6. The predicted octanol–water partition coefficient (Wildman–Crippen LogP) is 0.253. The number of carbonyl (C=O) groups is 1. The molecule has 0 saturated heterocycles. The van der Waals surface area contributed by atoms with E-state index in [1.54, 1.807) is 0 Å². The Hall–Kier alpha value is -1.30. The van der Waals surface area contributed by atoms with Crippen molar-refractivity contribution >= 4 is 11.9 Å². The minimum atomic E-state index is -0.234. The Labute approximate surface area is 109 Å². The van der Waals surface area contributed by atoms with Crippen molar-refractivity contribution in [3.05, 3.63) is 0 Å². The van der Waals surface area contributed by atoms with Crippen LogP contribution in [0.3, 0.4) is 0 Å². The number of hydrogen-bond acceptors (Lipinski definition) is 3. The fraction of sp³-hybridized carbons (Fsp3) is 0.833. The van der Waals surface area contributed by atoms with Gasteiger partial charge in [0.1, 0.15) is 6.54 Å². The zero-order valence-electron chi connectivity index (χ0n) is 11.5. The van der Waals surface area contributed by atoms with E-state index in [4.69, 9.17) is 5.84 Å². The lowest BCUT2D eigenvalue weighted by molar-refractivity contribution is -0.121. The van der Waals surface area contributed by atoms with Gasteiger partial charge in [-0.15, -0.1) is 0 Å². The third-order valence-electron chi connectivity index (χ3n) is 2.73. The Bertz CT molecular complexity index is 302. The Morgan fingerprint density at radius 3 is 2.44 bits per heavy atom. The first-order chi connectivity index (χ1) is 8.40. The van der Waals surface area contributed by atoms with E-state index in [-0.39, 0.29) is 18.0 Å². The average molecular weight is 255 g/mol. The van der Waals surface area contributed by atoms with Crippen LogP contribution >= 0.6 is 0 Å². The van der Waals surface area contributed by atoms with Gasteiger partial charge in [0, 0.05) is 11.6 Å². The molecule has 6 nitrogen and oxygen atoms in total. The molecule has 1 amide bonds. The van der Waals surface area contributed by atoms with Crippen molar-refractivity contribution in [1.82, 2.24) is 16.1 Å². The van der Waals surface area contributed by atoms with Crippen LogP contribution in [-0.4, -0.2) is 30.0 Å². The van der Waals surface area contributed by atoms with Crippen molar-refractivity contribution in [1.29, 1.82) is 0 Å². The number of guanidine groups is 1. The molecule has 1 rings (SSSR count). The van der Waals surface area contributed by atoms with E-state index in [2.05, 4.69) is 21.1 Å². The summed E-state index contributed by atoms with van der Waals surface area (Å²) >= 11 is 0. The van der Waals surface area contributed by atoms with E-state index in [0.29, 0.717) is 12.0 Å². The van der Waals surface area contributed by atoms with Gasteiger partial charge >= 0.3 is 0 Å². The third-order valence-corrected chi connectivity index (χ3v) is 2.73. The normalized spacial score (nSPS) is 17.7. The molecule has 0 aromatic rings. The molecule has 0 aromatic carbocycles. The second kappa shape index (κ2) is 6.58. The third kappa shape index (κ3) is 5.86. The maximum atomic E-state index is 11.6. The molecule has 5 N–H and O–H groups in total. The maximum Gasteiger partial charge on any atom is 0.242 e. The first-order valence-corrected chi connectivity index (χ1v) is 6.49. The molecule has 1 fully saturated rings. The minimum Gasteiger partial charge on any atom is -0.353 e. The van der Waals surface area contributed by atoms with Crippen LogP contribution in [0.25, 0.3) is 0 Å². The standard InChI is InChI=1S/C12H25N5O/c1-12(2,3)16-10(18)8-14-11(17-13)15-9-6-4-5-7-9/h9H,4-8,13H2,1-3H3,(H,16,18)(H2,14,15,17). The first kappa shape index (κ1) is 14.8. The lowest BCUT2D eigenvalue weighted by Gasteiger charge is -2.20. The van der Waals surface area contributed by atoms with E-state index >= 15 is 0 Å². The van der Waals surface area contributed by atoms with Gasteiger partial charge in [0.25, 0.3) is 0 Å². The summed E-state index contributed by atoms with van der Waals surface area (Å²) in [7, 11) is 0. The van der Waals surface area contributed by atoms with Crippen LogP contribution in [0.1, 0.15) is 46.5 Å². The molecular weight excluding hydrogens is 230 g/mol. The fourth-order valence-corrected chi connectivity index (χ4v) is 2.01. The van der Waals surface area contributed by atoms with Crippen molar-refractivity contribution in [2.75, 3.05) is 6.54 Å². The van der Waals surface area contributed by atoms with Crippen molar-refractivity contribution in [2.24, 2.45) is 10.8 Å². The van der Waals surface area contributed by atoms with Crippen molar-refractivity contribution in [2.45, 2.75) is 58.0 Å². The molecule has 0 radical (unpaired) electrons. The second-order valence-electron chi connectivity index (χ2n) is 5.73.